The summed E-state index contributed by atoms with van der Waals surface area (Å²) in [6.07, 6.45) is 6.38. The zero-order valence-corrected chi connectivity index (χ0v) is 13.0. The summed E-state index contributed by atoms with van der Waals surface area (Å²) in [6.45, 7) is 5.73. The van der Waals surface area contributed by atoms with E-state index in [0.29, 0.717) is 25.6 Å². The number of nitrogens with zero attached hydrogens (tertiary/aromatic N) is 1. The molecule has 0 aromatic rings. The maximum Gasteiger partial charge on any atom is 0.221 e. The molecule has 0 spiro atoms. The first-order valence-corrected chi connectivity index (χ1v) is 7.56. The second kappa shape index (κ2) is 7.90. The predicted molar refractivity (Wildman–Crippen MR) is 80.7 cm³/mol. The fourth-order valence-corrected chi connectivity index (χ4v) is 2.08. The minimum Gasteiger partial charge on any atom is -0.353 e. The third-order valence-corrected chi connectivity index (χ3v) is 4.01. The highest BCUT2D eigenvalue weighted by molar-refractivity contribution is 6.08. The molecule has 1 aliphatic rings. The van der Waals surface area contributed by atoms with Crippen LogP contribution in [-0.4, -0.2) is 45.1 Å². The molecule has 110 valence electrons. The molecule has 1 rings (SSSR count). The number of hydrogen-bond acceptors (Lipinski definition) is 3. The largest absolute Gasteiger partial charge is 0.353 e. The summed E-state index contributed by atoms with van der Waals surface area (Å²) < 4.78 is 0. The SMILES string of the molecule is BCC(C)(C)CON(C)CCC(=O)NC1CCCC1. The summed E-state index contributed by atoms with van der Waals surface area (Å²) >= 11 is 0. The number of rotatable bonds is 8. The van der Waals surface area contributed by atoms with Crippen LogP contribution in [-0.2, 0) is 9.63 Å². The van der Waals surface area contributed by atoms with Gasteiger partial charge in [-0.05, 0) is 18.3 Å². The van der Waals surface area contributed by atoms with E-state index in [1.165, 1.54) is 12.8 Å². The van der Waals surface area contributed by atoms with E-state index in [1.807, 2.05) is 7.05 Å². The van der Waals surface area contributed by atoms with E-state index in [-0.39, 0.29) is 11.3 Å². The van der Waals surface area contributed by atoms with Crippen LogP contribution in [0.15, 0.2) is 0 Å². The van der Waals surface area contributed by atoms with Gasteiger partial charge < -0.3 is 5.32 Å². The molecule has 0 bridgehead atoms. The fourth-order valence-electron chi connectivity index (χ4n) is 2.08. The Kier molecular flexibility index (Phi) is 6.87. The normalized spacial score (nSPS) is 17.1. The first-order valence-electron chi connectivity index (χ1n) is 7.56. The quantitative estimate of drug-likeness (QED) is 0.534. The van der Waals surface area contributed by atoms with Gasteiger partial charge in [-0.3, -0.25) is 9.63 Å². The topological polar surface area (TPSA) is 41.6 Å². The number of hydrogen-bond donors (Lipinski definition) is 1. The second-order valence-corrected chi connectivity index (χ2v) is 6.44. The summed E-state index contributed by atoms with van der Waals surface area (Å²) in [5.41, 5.74) is 0.195. The van der Waals surface area contributed by atoms with Crippen LogP contribution in [0.25, 0.3) is 0 Å². The fraction of sp³-hybridized carbons (Fsp3) is 0.929. The van der Waals surface area contributed by atoms with Gasteiger partial charge in [0.15, 0.2) is 0 Å². The summed E-state index contributed by atoms with van der Waals surface area (Å²) in [6, 6.07) is 0.415. The molecule has 0 atom stereocenters. The van der Waals surface area contributed by atoms with Gasteiger partial charge in [0.1, 0.15) is 7.85 Å². The highest BCUT2D eigenvalue weighted by Crippen LogP contribution is 2.19. The third kappa shape index (κ3) is 6.97. The van der Waals surface area contributed by atoms with Crippen LogP contribution in [0.1, 0.15) is 46.0 Å². The van der Waals surface area contributed by atoms with Crippen molar-refractivity contribution in [2.45, 2.75) is 58.3 Å². The molecular formula is C14H29BN2O2. The lowest BCUT2D eigenvalue weighted by Gasteiger charge is -2.26. The Morgan fingerprint density at radius 3 is 2.63 bits per heavy atom. The van der Waals surface area contributed by atoms with Gasteiger partial charge in [-0.15, -0.1) is 0 Å². The molecule has 19 heavy (non-hydrogen) atoms. The van der Waals surface area contributed by atoms with Crippen molar-refractivity contribution in [3.05, 3.63) is 0 Å². The molecule has 0 aromatic heterocycles. The smallest absolute Gasteiger partial charge is 0.221 e. The lowest BCUT2D eigenvalue weighted by Crippen LogP contribution is -2.35. The van der Waals surface area contributed by atoms with Gasteiger partial charge in [0.2, 0.25) is 5.91 Å². The molecule has 0 heterocycles. The van der Waals surface area contributed by atoms with Crippen LogP contribution in [0.2, 0.25) is 6.32 Å². The van der Waals surface area contributed by atoms with Crippen LogP contribution >= 0.6 is 0 Å². The van der Waals surface area contributed by atoms with Gasteiger partial charge in [-0.2, -0.15) is 5.06 Å². The van der Waals surface area contributed by atoms with Crippen molar-refractivity contribution >= 4 is 13.8 Å². The Labute approximate surface area is 118 Å². The molecule has 0 radical (unpaired) electrons. The second-order valence-electron chi connectivity index (χ2n) is 6.44. The summed E-state index contributed by atoms with van der Waals surface area (Å²) in [5, 5.41) is 4.88. The minimum atomic E-state index is 0.150. The molecule has 0 aromatic carbocycles. The lowest BCUT2D eigenvalue weighted by atomic mass is 9.80. The number of amides is 1. The van der Waals surface area contributed by atoms with Gasteiger partial charge in [-0.25, -0.2) is 0 Å². The first kappa shape index (κ1) is 16.5. The standard InChI is InChI=1S/C14H29BN2O2/c1-14(2,10-15)11-19-17(3)9-8-13(18)16-12-6-4-5-7-12/h12H,4-11,15H2,1-3H3,(H,16,18). The number of carbonyl (C=O) groups is 1. The van der Waals surface area contributed by atoms with Crippen molar-refractivity contribution < 1.29 is 9.63 Å². The first-order chi connectivity index (χ1) is 8.93. The summed E-state index contributed by atoms with van der Waals surface area (Å²) in [4.78, 5) is 17.4. The van der Waals surface area contributed by atoms with Crippen LogP contribution in [0.3, 0.4) is 0 Å². The van der Waals surface area contributed by atoms with Crippen molar-refractivity contribution in [1.82, 2.24) is 10.4 Å². The van der Waals surface area contributed by atoms with E-state index >= 15 is 0 Å². The van der Waals surface area contributed by atoms with Gasteiger partial charge in [0.05, 0.1) is 6.61 Å². The van der Waals surface area contributed by atoms with Crippen LogP contribution in [0.4, 0.5) is 0 Å². The van der Waals surface area contributed by atoms with E-state index in [1.54, 1.807) is 5.06 Å². The molecular weight excluding hydrogens is 239 g/mol. The molecule has 4 nitrogen and oxygen atoms in total. The van der Waals surface area contributed by atoms with Crippen molar-refractivity contribution in [2.24, 2.45) is 5.41 Å². The maximum atomic E-state index is 11.8. The Bertz CT molecular complexity index is 279. The van der Waals surface area contributed by atoms with Gasteiger partial charge >= 0.3 is 0 Å². The van der Waals surface area contributed by atoms with Crippen LogP contribution in [0.5, 0.6) is 0 Å². The van der Waals surface area contributed by atoms with E-state index in [0.717, 1.165) is 19.2 Å². The zero-order valence-electron chi connectivity index (χ0n) is 13.0. The number of carbonyl (C=O) groups excluding carboxylic acids is 1. The molecule has 0 aliphatic heterocycles. The lowest BCUT2D eigenvalue weighted by molar-refractivity contribution is -0.163. The van der Waals surface area contributed by atoms with Gasteiger partial charge in [0, 0.05) is 26.1 Å². The van der Waals surface area contributed by atoms with Gasteiger partial charge in [-0.1, -0.05) is 33.0 Å². The Morgan fingerprint density at radius 1 is 1.42 bits per heavy atom. The molecule has 1 aliphatic carbocycles. The highest BCUT2D eigenvalue weighted by Gasteiger charge is 2.18. The maximum absolute atomic E-state index is 11.8. The van der Waals surface area contributed by atoms with Crippen molar-refractivity contribution in [3.63, 3.8) is 0 Å². The summed E-state index contributed by atoms with van der Waals surface area (Å²) in [7, 11) is 4.06. The van der Waals surface area contributed by atoms with E-state index in [9.17, 15) is 4.79 Å². The van der Waals surface area contributed by atoms with Gasteiger partial charge in [0.25, 0.3) is 0 Å². The Balaban J connectivity index is 2.11. The Morgan fingerprint density at radius 2 is 2.05 bits per heavy atom. The van der Waals surface area contributed by atoms with Crippen molar-refractivity contribution in [1.29, 1.82) is 0 Å². The third-order valence-electron chi connectivity index (χ3n) is 4.01. The predicted octanol–water partition coefficient (Wildman–Crippen LogP) is 1.38. The van der Waals surface area contributed by atoms with E-state index < -0.39 is 0 Å². The molecule has 0 unspecified atom stereocenters. The zero-order chi connectivity index (χ0) is 14.3. The molecule has 0 saturated heterocycles. The van der Waals surface area contributed by atoms with Crippen molar-refractivity contribution in [2.75, 3.05) is 20.2 Å². The van der Waals surface area contributed by atoms with Crippen molar-refractivity contribution in [3.8, 4) is 0 Å². The molecule has 1 saturated carbocycles. The van der Waals surface area contributed by atoms with E-state index in [2.05, 4.69) is 27.0 Å². The molecule has 1 amide bonds. The average molecular weight is 268 g/mol. The Hall–Kier alpha value is -0.545. The number of hydroxylamine groups is 2. The average Bonchev–Trinajstić information content (AvgIpc) is 2.87. The molecule has 1 fully saturated rings. The molecule has 1 N–H and O–H groups in total. The molecule has 5 heteroatoms. The van der Waals surface area contributed by atoms with E-state index in [4.69, 9.17) is 4.84 Å². The van der Waals surface area contributed by atoms with Crippen LogP contribution < -0.4 is 5.32 Å². The van der Waals surface area contributed by atoms with Crippen LogP contribution in [0, 0.1) is 5.41 Å². The summed E-state index contributed by atoms with van der Waals surface area (Å²) in [5.74, 6) is 0.150. The highest BCUT2D eigenvalue weighted by atomic mass is 16.7. The monoisotopic (exact) mass is 268 g/mol. The number of nitrogens with one attached hydrogen (secondary N) is 1. The minimum absolute atomic E-state index is 0.150.